The van der Waals surface area contributed by atoms with Gasteiger partial charge in [-0.1, -0.05) is 26.7 Å². The average Bonchev–Trinajstić information content (AvgIpc) is 2.34. The molecule has 3 heteroatoms. The number of unbranched alkanes of at least 4 members (excludes halogenated alkanes) is 2. The Morgan fingerprint density at radius 3 is 2.17 bits per heavy atom. The predicted molar refractivity (Wildman–Crippen MR) is 73.6 cm³/mol. The first-order valence-corrected chi connectivity index (χ1v) is 7.04. The molecule has 0 aromatic carbocycles. The highest BCUT2D eigenvalue weighted by Crippen LogP contribution is 2.10. The number of Topliss-reactive ketones (excluding diaryl/α,β-unsaturated/α-hetero) is 2. The minimum atomic E-state index is 0.0494. The van der Waals surface area contributed by atoms with E-state index >= 15 is 0 Å². The van der Waals surface area contributed by atoms with Gasteiger partial charge in [0.2, 0.25) is 0 Å². The van der Waals surface area contributed by atoms with Gasteiger partial charge >= 0.3 is 0 Å². The van der Waals surface area contributed by atoms with Crippen LogP contribution in [0.15, 0.2) is 0 Å². The highest BCUT2D eigenvalue weighted by Gasteiger charge is 2.10. The highest BCUT2D eigenvalue weighted by molar-refractivity contribution is 5.86. The molecule has 106 valence electrons. The first-order chi connectivity index (χ1) is 8.47. The van der Waals surface area contributed by atoms with Gasteiger partial charge in [-0.15, -0.1) is 0 Å². The molecule has 0 spiro atoms. The number of methoxy groups -OCH3 is 1. The van der Waals surface area contributed by atoms with Crippen LogP contribution in [0, 0.1) is 5.92 Å². The van der Waals surface area contributed by atoms with Crippen LogP contribution in [0.2, 0.25) is 0 Å². The molecule has 0 bridgehead atoms. The molecular weight excluding hydrogens is 228 g/mol. The molecular formula is C15H28O3. The van der Waals surface area contributed by atoms with E-state index in [1.807, 2.05) is 13.8 Å². The van der Waals surface area contributed by atoms with E-state index in [9.17, 15) is 9.59 Å². The standard InChI is InChI=1S/C15H28O3/c1-12(2)15(17)11-10-14(16)9-7-5-6-8-13(3)18-4/h12-13H,5-11H2,1-4H3. The number of hydrogen-bond donors (Lipinski definition) is 0. The lowest BCUT2D eigenvalue weighted by Crippen LogP contribution is -2.09. The van der Waals surface area contributed by atoms with Gasteiger partial charge < -0.3 is 4.74 Å². The van der Waals surface area contributed by atoms with Crippen molar-refractivity contribution in [3.05, 3.63) is 0 Å². The molecule has 0 aliphatic heterocycles. The van der Waals surface area contributed by atoms with E-state index in [4.69, 9.17) is 4.74 Å². The lowest BCUT2D eigenvalue weighted by Gasteiger charge is -2.08. The molecule has 0 aliphatic carbocycles. The summed E-state index contributed by atoms with van der Waals surface area (Å²) in [6.07, 6.45) is 5.92. The van der Waals surface area contributed by atoms with Crippen LogP contribution < -0.4 is 0 Å². The largest absolute Gasteiger partial charge is 0.382 e. The predicted octanol–water partition coefficient (Wildman–Crippen LogP) is 3.55. The molecule has 18 heavy (non-hydrogen) atoms. The number of hydrogen-bond acceptors (Lipinski definition) is 3. The molecule has 0 rings (SSSR count). The minimum Gasteiger partial charge on any atom is -0.382 e. The van der Waals surface area contributed by atoms with E-state index in [1.165, 1.54) is 0 Å². The molecule has 3 nitrogen and oxygen atoms in total. The molecule has 1 atom stereocenters. The molecule has 0 heterocycles. The molecule has 0 aliphatic rings. The molecule has 0 radical (unpaired) electrons. The first-order valence-electron chi connectivity index (χ1n) is 7.04. The monoisotopic (exact) mass is 256 g/mol. The lowest BCUT2D eigenvalue weighted by atomic mass is 10.0. The third-order valence-corrected chi connectivity index (χ3v) is 3.26. The van der Waals surface area contributed by atoms with E-state index < -0.39 is 0 Å². The van der Waals surface area contributed by atoms with Crippen LogP contribution in [0.4, 0.5) is 0 Å². The van der Waals surface area contributed by atoms with Crippen molar-refractivity contribution >= 4 is 11.6 Å². The van der Waals surface area contributed by atoms with Crippen LogP contribution in [0.5, 0.6) is 0 Å². The third-order valence-electron chi connectivity index (χ3n) is 3.26. The van der Waals surface area contributed by atoms with Gasteiger partial charge in [-0.2, -0.15) is 0 Å². The minimum absolute atomic E-state index is 0.0494. The normalized spacial score (nSPS) is 12.7. The summed E-state index contributed by atoms with van der Waals surface area (Å²) in [5.74, 6) is 0.467. The topological polar surface area (TPSA) is 43.4 Å². The summed E-state index contributed by atoms with van der Waals surface area (Å²) < 4.78 is 5.16. The summed E-state index contributed by atoms with van der Waals surface area (Å²) in [5, 5.41) is 0. The third kappa shape index (κ3) is 9.34. The zero-order valence-electron chi connectivity index (χ0n) is 12.3. The Hall–Kier alpha value is -0.700. The summed E-state index contributed by atoms with van der Waals surface area (Å²) in [7, 11) is 1.72. The van der Waals surface area contributed by atoms with Crippen molar-refractivity contribution in [2.75, 3.05) is 7.11 Å². The Balaban J connectivity index is 3.46. The van der Waals surface area contributed by atoms with Crippen molar-refractivity contribution in [1.82, 2.24) is 0 Å². The van der Waals surface area contributed by atoms with Gasteiger partial charge in [0.1, 0.15) is 11.6 Å². The van der Waals surface area contributed by atoms with Gasteiger partial charge in [-0.25, -0.2) is 0 Å². The van der Waals surface area contributed by atoms with E-state index in [-0.39, 0.29) is 17.5 Å². The highest BCUT2D eigenvalue weighted by atomic mass is 16.5. The van der Waals surface area contributed by atoms with Crippen LogP contribution >= 0.6 is 0 Å². The van der Waals surface area contributed by atoms with Crippen molar-refractivity contribution in [2.45, 2.75) is 71.8 Å². The molecule has 0 saturated carbocycles. The van der Waals surface area contributed by atoms with Crippen LogP contribution in [0.1, 0.15) is 65.7 Å². The Morgan fingerprint density at radius 1 is 0.944 bits per heavy atom. The van der Waals surface area contributed by atoms with Crippen molar-refractivity contribution in [3.8, 4) is 0 Å². The zero-order chi connectivity index (χ0) is 14.0. The molecule has 0 amide bonds. The molecule has 0 N–H and O–H groups in total. The van der Waals surface area contributed by atoms with Crippen molar-refractivity contribution in [1.29, 1.82) is 0 Å². The van der Waals surface area contributed by atoms with Crippen LogP contribution in [-0.4, -0.2) is 24.8 Å². The Kier molecular flexibility index (Phi) is 9.85. The summed E-state index contributed by atoms with van der Waals surface area (Å²) in [4.78, 5) is 22.9. The molecule has 1 unspecified atom stereocenters. The lowest BCUT2D eigenvalue weighted by molar-refractivity contribution is -0.125. The Labute approximate surface area is 111 Å². The van der Waals surface area contributed by atoms with Gasteiger partial charge in [0, 0.05) is 32.3 Å². The number of ketones is 2. The fraction of sp³-hybridized carbons (Fsp3) is 0.867. The van der Waals surface area contributed by atoms with Gasteiger partial charge in [0.25, 0.3) is 0 Å². The van der Waals surface area contributed by atoms with Crippen molar-refractivity contribution in [3.63, 3.8) is 0 Å². The fourth-order valence-corrected chi connectivity index (χ4v) is 1.72. The second-order valence-electron chi connectivity index (χ2n) is 5.31. The van der Waals surface area contributed by atoms with Crippen molar-refractivity contribution < 1.29 is 14.3 Å². The Morgan fingerprint density at radius 2 is 1.61 bits per heavy atom. The van der Waals surface area contributed by atoms with E-state index in [1.54, 1.807) is 7.11 Å². The second-order valence-corrected chi connectivity index (χ2v) is 5.31. The van der Waals surface area contributed by atoms with E-state index in [0.29, 0.717) is 25.4 Å². The Bertz CT molecular complexity index is 246. The smallest absolute Gasteiger partial charge is 0.135 e. The van der Waals surface area contributed by atoms with Gasteiger partial charge in [0.15, 0.2) is 0 Å². The second kappa shape index (κ2) is 10.2. The molecule has 0 saturated heterocycles. The SMILES string of the molecule is COC(C)CCCCCC(=O)CCC(=O)C(C)C. The first kappa shape index (κ1) is 17.3. The number of carbonyl (C=O) groups is 2. The summed E-state index contributed by atoms with van der Waals surface area (Å²) in [5.41, 5.74) is 0. The summed E-state index contributed by atoms with van der Waals surface area (Å²) >= 11 is 0. The van der Waals surface area contributed by atoms with Crippen molar-refractivity contribution in [2.24, 2.45) is 5.92 Å². The van der Waals surface area contributed by atoms with Gasteiger partial charge in [-0.05, 0) is 19.8 Å². The quantitative estimate of drug-likeness (QED) is 0.531. The van der Waals surface area contributed by atoms with E-state index in [2.05, 4.69) is 6.92 Å². The molecule has 0 aromatic heterocycles. The van der Waals surface area contributed by atoms with Crippen LogP contribution in [0.25, 0.3) is 0 Å². The zero-order valence-corrected chi connectivity index (χ0v) is 12.3. The maximum absolute atomic E-state index is 11.5. The maximum Gasteiger partial charge on any atom is 0.135 e. The van der Waals surface area contributed by atoms with Crippen LogP contribution in [0.3, 0.4) is 0 Å². The average molecular weight is 256 g/mol. The maximum atomic E-state index is 11.5. The van der Waals surface area contributed by atoms with Gasteiger partial charge in [-0.3, -0.25) is 9.59 Å². The molecule has 0 fully saturated rings. The van der Waals surface area contributed by atoms with E-state index in [0.717, 1.165) is 25.7 Å². The van der Waals surface area contributed by atoms with Gasteiger partial charge in [0.05, 0.1) is 6.10 Å². The number of ether oxygens (including phenoxy) is 1. The van der Waals surface area contributed by atoms with Crippen LogP contribution in [-0.2, 0) is 14.3 Å². The summed E-state index contributed by atoms with van der Waals surface area (Å²) in [6, 6.07) is 0. The summed E-state index contributed by atoms with van der Waals surface area (Å²) in [6.45, 7) is 5.82. The number of carbonyl (C=O) groups excluding carboxylic acids is 2. The number of rotatable bonds is 11. The fourth-order valence-electron chi connectivity index (χ4n) is 1.72. The molecule has 0 aromatic rings.